The van der Waals surface area contributed by atoms with Gasteiger partial charge in [0.05, 0.1) is 31.4 Å². The van der Waals surface area contributed by atoms with Crippen molar-refractivity contribution in [3.05, 3.63) is 63.2 Å². The summed E-state index contributed by atoms with van der Waals surface area (Å²) in [7, 11) is 4.85. The predicted octanol–water partition coefficient (Wildman–Crippen LogP) is 4.16. The van der Waals surface area contributed by atoms with Crippen LogP contribution in [0.15, 0.2) is 36.4 Å². The van der Waals surface area contributed by atoms with Gasteiger partial charge in [0.15, 0.2) is 11.5 Å². The molecule has 1 heterocycles. The number of rotatable bonds is 7. The smallest absolute Gasteiger partial charge is 0.328 e. The van der Waals surface area contributed by atoms with Crippen molar-refractivity contribution in [2.45, 2.75) is 18.9 Å². The highest BCUT2D eigenvalue weighted by Gasteiger charge is 2.23. The van der Waals surface area contributed by atoms with Gasteiger partial charge in [-0.2, -0.15) is 0 Å². The van der Waals surface area contributed by atoms with Gasteiger partial charge in [-0.1, -0.05) is 23.2 Å². The van der Waals surface area contributed by atoms with E-state index in [0.29, 0.717) is 39.4 Å². The van der Waals surface area contributed by atoms with Crippen molar-refractivity contribution in [1.82, 2.24) is 5.32 Å². The molecule has 3 N–H and O–H groups in total. The maximum absolute atomic E-state index is 9.55. The number of hydrogen-bond acceptors (Lipinski definition) is 6. The molecule has 10 heteroatoms. The summed E-state index contributed by atoms with van der Waals surface area (Å²) in [6, 6.07) is 8.06. The minimum absolute atomic E-state index is 0.154. The van der Waals surface area contributed by atoms with Crippen LogP contribution in [0.1, 0.15) is 22.7 Å². The fraction of sp³-hybridized carbons (Fsp3) is 0.304. The highest BCUT2D eigenvalue weighted by Crippen LogP contribution is 2.40. The third-order valence-corrected chi connectivity index (χ3v) is 5.60. The van der Waals surface area contributed by atoms with E-state index < -0.39 is 11.9 Å². The van der Waals surface area contributed by atoms with Gasteiger partial charge in [0.2, 0.25) is 5.75 Å². The fourth-order valence-electron chi connectivity index (χ4n) is 3.45. The minimum Gasteiger partial charge on any atom is -0.493 e. The fourth-order valence-corrected chi connectivity index (χ4v) is 3.81. The highest BCUT2D eigenvalue weighted by atomic mass is 35.5. The molecule has 1 atom stereocenters. The van der Waals surface area contributed by atoms with Gasteiger partial charge in [-0.15, -0.1) is 0 Å². The first-order valence-electron chi connectivity index (χ1n) is 9.84. The normalized spacial score (nSPS) is 14.6. The highest BCUT2D eigenvalue weighted by molar-refractivity contribution is 6.42. The van der Waals surface area contributed by atoms with E-state index in [2.05, 4.69) is 5.32 Å². The first-order chi connectivity index (χ1) is 15.7. The Morgan fingerprint density at radius 1 is 0.970 bits per heavy atom. The zero-order valence-corrected chi connectivity index (χ0v) is 19.9. The van der Waals surface area contributed by atoms with Gasteiger partial charge < -0.3 is 29.7 Å². The van der Waals surface area contributed by atoms with Gasteiger partial charge in [-0.25, -0.2) is 9.59 Å². The van der Waals surface area contributed by atoms with Crippen molar-refractivity contribution in [3.8, 4) is 17.2 Å². The topological polar surface area (TPSA) is 114 Å². The molecule has 8 nitrogen and oxygen atoms in total. The molecule has 1 aliphatic rings. The monoisotopic (exact) mass is 497 g/mol. The van der Waals surface area contributed by atoms with Crippen LogP contribution in [0.2, 0.25) is 10.0 Å². The summed E-state index contributed by atoms with van der Waals surface area (Å²) in [5, 5.41) is 20.4. The SMILES string of the molecule is COc1cc(CC2NCCc3cc(Cl)c(Cl)cc32)cc(OC)c1OC.O=C(O)/C=C/C(=O)O. The number of nitrogens with one attached hydrogen (secondary N) is 1. The molecule has 0 saturated carbocycles. The Kier molecular flexibility index (Phi) is 9.84. The van der Waals surface area contributed by atoms with Gasteiger partial charge in [-0.05, 0) is 60.3 Å². The summed E-state index contributed by atoms with van der Waals surface area (Å²) in [5.74, 6) is -0.607. The van der Waals surface area contributed by atoms with Crippen molar-refractivity contribution >= 4 is 35.1 Å². The number of carboxylic acid groups (broad SMARTS) is 2. The Hall–Kier alpha value is -2.94. The molecule has 1 aliphatic heterocycles. The molecule has 0 radical (unpaired) electrons. The van der Waals surface area contributed by atoms with E-state index in [1.165, 1.54) is 11.1 Å². The summed E-state index contributed by atoms with van der Waals surface area (Å²) >= 11 is 12.4. The van der Waals surface area contributed by atoms with Crippen molar-refractivity contribution in [2.75, 3.05) is 27.9 Å². The van der Waals surface area contributed by atoms with Crippen LogP contribution >= 0.6 is 23.2 Å². The zero-order chi connectivity index (χ0) is 24.5. The number of methoxy groups -OCH3 is 3. The predicted molar refractivity (Wildman–Crippen MR) is 125 cm³/mol. The van der Waals surface area contributed by atoms with Crippen LogP contribution in [-0.2, 0) is 22.4 Å². The lowest BCUT2D eigenvalue weighted by Gasteiger charge is -2.28. The Balaban J connectivity index is 0.000000414. The second-order valence-electron chi connectivity index (χ2n) is 6.97. The summed E-state index contributed by atoms with van der Waals surface area (Å²) < 4.78 is 16.3. The van der Waals surface area contributed by atoms with Gasteiger partial charge in [0.1, 0.15) is 0 Å². The molecule has 0 saturated heterocycles. The van der Waals surface area contributed by atoms with E-state index in [9.17, 15) is 9.59 Å². The van der Waals surface area contributed by atoms with E-state index in [1.807, 2.05) is 24.3 Å². The van der Waals surface area contributed by atoms with E-state index in [4.69, 9.17) is 47.6 Å². The lowest BCUT2D eigenvalue weighted by Crippen LogP contribution is -2.31. The molecule has 178 valence electrons. The van der Waals surface area contributed by atoms with E-state index in [0.717, 1.165) is 24.9 Å². The average Bonchev–Trinajstić information content (AvgIpc) is 2.78. The molecule has 0 amide bonds. The molecule has 2 aromatic carbocycles. The van der Waals surface area contributed by atoms with Crippen LogP contribution in [0.4, 0.5) is 0 Å². The first-order valence-corrected chi connectivity index (χ1v) is 10.6. The summed E-state index contributed by atoms with van der Waals surface area (Å²) in [6.45, 7) is 0.903. The molecule has 0 spiro atoms. The maximum atomic E-state index is 9.55. The standard InChI is InChI=1S/C19H21Cl2NO3.C4H4O4/c1-23-17-7-11(8-18(24-2)19(17)25-3)6-16-13-10-15(21)14(20)9-12(13)4-5-22-16;5-3(6)1-2-4(7)8/h7-10,16,22H,4-6H2,1-3H3;1-2H,(H,5,6)(H,7,8)/b;2-1+. The van der Waals surface area contributed by atoms with Crippen LogP contribution < -0.4 is 19.5 Å². The second-order valence-corrected chi connectivity index (χ2v) is 7.78. The van der Waals surface area contributed by atoms with Gasteiger partial charge in [-0.3, -0.25) is 0 Å². The third kappa shape index (κ3) is 7.28. The molecule has 2 aromatic rings. The summed E-state index contributed by atoms with van der Waals surface area (Å²) in [6.07, 6.45) is 2.84. The minimum atomic E-state index is -1.26. The van der Waals surface area contributed by atoms with Crippen LogP contribution in [-0.4, -0.2) is 50.0 Å². The first kappa shape index (κ1) is 26.3. The molecule has 0 aromatic heterocycles. The van der Waals surface area contributed by atoms with E-state index >= 15 is 0 Å². The molecular weight excluding hydrogens is 473 g/mol. The lowest BCUT2D eigenvalue weighted by atomic mass is 9.90. The summed E-state index contributed by atoms with van der Waals surface area (Å²) in [5.41, 5.74) is 3.52. The number of aliphatic carboxylic acids is 2. The van der Waals surface area contributed by atoms with Crippen LogP contribution in [0, 0.1) is 0 Å². The number of carboxylic acids is 2. The number of hydrogen-bond donors (Lipinski definition) is 3. The van der Waals surface area contributed by atoms with E-state index in [1.54, 1.807) is 21.3 Å². The number of benzene rings is 2. The van der Waals surface area contributed by atoms with Crippen molar-refractivity contribution in [1.29, 1.82) is 0 Å². The van der Waals surface area contributed by atoms with Crippen molar-refractivity contribution in [3.63, 3.8) is 0 Å². The second kappa shape index (κ2) is 12.3. The van der Waals surface area contributed by atoms with Crippen molar-refractivity contribution in [2.24, 2.45) is 0 Å². The zero-order valence-electron chi connectivity index (χ0n) is 18.4. The molecule has 0 aliphatic carbocycles. The molecular formula is C23H25Cl2NO7. The number of ether oxygens (including phenoxy) is 3. The molecule has 1 unspecified atom stereocenters. The molecule has 33 heavy (non-hydrogen) atoms. The van der Waals surface area contributed by atoms with Gasteiger partial charge in [0, 0.05) is 18.2 Å². The Bertz CT molecular complexity index is 999. The lowest BCUT2D eigenvalue weighted by molar-refractivity contribution is -0.134. The van der Waals surface area contributed by atoms with Gasteiger partial charge >= 0.3 is 11.9 Å². The average molecular weight is 498 g/mol. The number of fused-ring (bicyclic) bond motifs is 1. The van der Waals surface area contributed by atoms with E-state index in [-0.39, 0.29) is 6.04 Å². The Morgan fingerprint density at radius 3 is 2.00 bits per heavy atom. The Morgan fingerprint density at radius 2 is 1.52 bits per heavy atom. The third-order valence-electron chi connectivity index (χ3n) is 4.88. The molecule has 3 rings (SSSR count). The maximum Gasteiger partial charge on any atom is 0.328 e. The van der Waals surface area contributed by atoms with Crippen LogP contribution in [0.25, 0.3) is 0 Å². The molecule has 0 bridgehead atoms. The van der Waals surface area contributed by atoms with Gasteiger partial charge in [0.25, 0.3) is 0 Å². The summed E-state index contributed by atoms with van der Waals surface area (Å²) in [4.78, 5) is 19.1. The number of carbonyl (C=O) groups is 2. The molecule has 0 fully saturated rings. The quantitative estimate of drug-likeness (QED) is 0.488. The van der Waals surface area contributed by atoms with Crippen molar-refractivity contribution < 1.29 is 34.0 Å². The Labute approximate surface area is 201 Å². The largest absolute Gasteiger partial charge is 0.493 e. The van der Waals surface area contributed by atoms with Crippen LogP contribution in [0.5, 0.6) is 17.2 Å². The van der Waals surface area contributed by atoms with Crippen LogP contribution in [0.3, 0.4) is 0 Å². The number of halogens is 2.